The molecule has 1 aromatic heterocycles. The summed E-state index contributed by atoms with van der Waals surface area (Å²) in [5.74, 6) is -0.453. The zero-order valence-corrected chi connectivity index (χ0v) is 7.15. The van der Waals surface area contributed by atoms with E-state index in [1.54, 1.807) is 18.3 Å². The van der Waals surface area contributed by atoms with Crippen LogP contribution in [-0.4, -0.2) is 29.7 Å². The molecule has 70 valence electrons. The zero-order valence-electron chi connectivity index (χ0n) is 7.15. The minimum Gasteiger partial charge on any atom is -0.481 e. The summed E-state index contributed by atoms with van der Waals surface area (Å²) in [5, 5.41) is 11.1. The SMILES string of the molecule is COc1cc(NCC(=O)O)ccn1. The number of ether oxygens (including phenoxy) is 1. The van der Waals surface area contributed by atoms with Crippen molar-refractivity contribution < 1.29 is 14.6 Å². The Hall–Kier alpha value is -1.78. The minimum atomic E-state index is -0.907. The zero-order chi connectivity index (χ0) is 9.68. The van der Waals surface area contributed by atoms with Gasteiger partial charge in [-0.1, -0.05) is 0 Å². The third kappa shape index (κ3) is 2.98. The van der Waals surface area contributed by atoms with E-state index < -0.39 is 5.97 Å². The van der Waals surface area contributed by atoms with Crippen LogP contribution in [0.3, 0.4) is 0 Å². The van der Waals surface area contributed by atoms with Crippen LogP contribution in [0.2, 0.25) is 0 Å². The Morgan fingerprint density at radius 1 is 1.77 bits per heavy atom. The predicted molar refractivity (Wildman–Crippen MR) is 46.9 cm³/mol. The van der Waals surface area contributed by atoms with E-state index in [1.165, 1.54) is 7.11 Å². The molecule has 0 fully saturated rings. The molecule has 0 atom stereocenters. The molecule has 0 bridgehead atoms. The van der Waals surface area contributed by atoms with Crippen molar-refractivity contribution in [3.63, 3.8) is 0 Å². The van der Waals surface area contributed by atoms with Gasteiger partial charge in [-0.3, -0.25) is 4.79 Å². The highest BCUT2D eigenvalue weighted by molar-refractivity contribution is 5.72. The van der Waals surface area contributed by atoms with E-state index in [2.05, 4.69) is 10.3 Å². The summed E-state index contributed by atoms with van der Waals surface area (Å²) in [6, 6.07) is 3.30. The van der Waals surface area contributed by atoms with Gasteiger partial charge in [-0.25, -0.2) is 4.98 Å². The highest BCUT2D eigenvalue weighted by Crippen LogP contribution is 2.12. The largest absolute Gasteiger partial charge is 0.481 e. The summed E-state index contributed by atoms with van der Waals surface area (Å²) in [4.78, 5) is 14.1. The van der Waals surface area contributed by atoms with Crippen molar-refractivity contribution in [2.45, 2.75) is 0 Å². The molecule has 0 amide bonds. The number of hydrogen-bond acceptors (Lipinski definition) is 4. The van der Waals surface area contributed by atoms with E-state index in [1.807, 2.05) is 0 Å². The van der Waals surface area contributed by atoms with Crippen LogP contribution in [0.15, 0.2) is 18.3 Å². The highest BCUT2D eigenvalue weighted by Gasteiger charge is 1.98. The smallest absolute Gasteiger partial charge is 0.322 e. The molecule has 0 spiro atoms. The second-order valence-corrected chi connectivity index (χ2v) is 2.33. The molecule has 0 aromatic carbocycles. The van der Waals surface area contributed by atoms with E-state index in [4.69, 9.17) is 9.84 Å². The lowest BCUT2D eigenvalue weighted by Gasteiger charge is -2.04. The van der Waals surface area contributed by atoms with E-state index >= 15 is 0 Å². The number of nitrogens with one attached hydrogen (secondary N) is 1. The molecule has 1 rings (SSSR count). The van der Waals surface area contributed by atoms with Crippen molar-refractivity contribution >= 4 is 11.7 Å². The van der Waals surface area contributed by atoms with Gasteiger partial charge in [0.15, 0.2) is 0 Å². The third-order valence-electron chi connectivity index (χ3n) is 1.39. The van der Waals surface area contributed by atoms with Crippen molar-refractivity contribution in [1.29, 1.82) is 0 Å². The summed E-state index contributed by atoms with van der Waals surface area (Å²) >= 11 is 0. The Morgan fingerprint density at radius 3 is 3.15 bits per heavy atom. The number of aromatic nitrogens is 1. The normalized spacial score (nSPS) is 9.31. The Labute approximate surface area is 75.4 Å². The Morgan fingerprint density at radius 2 is 2.54 bits per heavy atom. The molecule has 5 nitrogen and oxygen atoms in total. The number of aliphatic carboxylic acids is 1. The highest BCUT2D eigenvalue weighted by atomic mass is 16.5. The molecule has 0 aliphatic heterocycles. The van der Waals surface area contributed by atoms with Crippen molar-refractivity contribution in [2.75, 3.05) is 19.0 Å². The molecule has 5 heteroatoms. The average molecular weight is 182 g/mol. The second-order valence-electron chi connectivity index (χ2n) is 2.33. The number of pyridine rings is 1. The van der Waals surface area contributed by atoms with Crippen LogP contribution in [0.4, 0.5) is 5.69 Å². The maximum absolute atomic E-state index is 10.2. The number of carbonyl (C=O) groups is 1. The van der Waals surface area contributed by atoms with Crippen LogP contribution in [0.1, 0.15) is 0 Å². The van der Waals surface area contributed by atoms with Crippen LogP contribution < -0.4 is 10.1 Å². The topological polar surface area (TPSA) is 71.5 Å². The van der Waals surface area contributed by atoms with Gasteiger partial charge in [0.05, 0.1) is 7.11 Å². The van der Waals surface area contributed by atoms with Gasteiger partial charge in [0.25, 0.3) is 0 Å². The molecule has 1 heterocycles. The lowest BCUT2D eigenvalue weighted by molar-refractivity contribution is -0.134. The van der Waals surface area contributed by atoms with Gasteiger partial charge in [-0.15, -0.1) is 0 Å². The maximum atomic E-state index is 10.2. The first kappa shape index (κ1) is 9.31. The van der Waals surface area contributed by atoms with Crippen molar-refractivity contribution in [3.8, 4) is 5.88 Å². The molecule has 13 heavy (non-hydrogen) atoms. The van der Waals surface area contributed by atoms with Gasteiger partial charge in [-0.2, -0.15) is 0 Å². The van der Waals surface area contributed by atoms with Gasteiger partial charge < -0.3 is 15.2 Å². The first-order chi connectivity index (χ1) is 6.22. The van der Waals surface area contributed by atoms with Crippen LogP contribution >= 0.6 is 0 Å². The van der Waals surface area contributed by atoms with E-state index in [0.29, 0.717) is 11.6 Å². The minimum absolute atomic E-state index is 0.118. The lowest BCUT2D eigenvalue weighted by Crippen LogP contribution is -2.12. The number of carboxylic acid groups (broad SMARTS) is 1. The van der Waals surface area contributed by atoms with Crippen LogP contribution in [0, 0.1) is 0 Å². The van der Waals surface area contributed by atoms with Gasteiger partial charge in [0.2, 0.25) is 5.88 Å². The van der Waals surface area contributed by atoms with Crippen molar-refractivity contribution in [3.05, 3.63) is 18.3 Å². The molecule has 2 N–H and O–H groups in total. The monoisotopic (exact) mass is 182 g/mol. The van der Waals surface area contributed by atoms with Crippen molar-refractivity contribution in [1.82, 2.24) is 4.98 Å². The molecule has 0 aliphatic rings. The quantitative estimate of drug-likeness (QED) is 0.712. The summed E-state index contributed by atoms with van der Waals surface area (Å²) < 4.78 is 4.86. The molecule has 1 aromatic rings. The fraction of sp³-hybridized carbons (Fsp3) is 0.250. The Kier molecular flexibility index (Phi) is 3.08. The van der Waals surface area contributed by atoms with E-state index in [0.717, 1.165) is 0 Å². The maximum Gasteiger partial charge on any atom is 0.322 e. The summed E-state index contributed by atoms with van der Waals surface area (Å²) in [5.41, 5.74) is 0.675. The molecule has 0 saturated carbocycles. The molecular formula is C8H10N2O3. The van der Waals surface area contributed by atoms with Gasteiger partial charge in [-0.05, 0) is 6.07 Å². The van der Waals surface area contributed by atoms with Crippen LogP contribution in [0.5, 0.6) is 5.88 Å². The lowest BCUT2D eigenvalue weighted by atomic mass is 10.4. The van der Waals surface area contributed by atoms with E-state index in [9.17, 15) is 4.79 Å². The molecule has 0 saturated heterocycles. The standard InChI is InChI=1S/C8H10N2O3/c1-13-7-4-6(2-3-9-7)10-5-8(11)12/h2-4H,5H2,1H3,(H,9,10)(H,11,12). The molecular weight excluding hydrogens is 172 g/mol. The molecule has 0 unspecified atom stereocenters. The van der Waals surface area contributed by atoms with Crippen LogP contribution in [-0.2, 0) is 4.79 Å². The number of carboxylic acids is 1. The van der Waals surface area contributed by atoms with Crippen LogP contribution in [0.25, 0.3) is 0 Å². The average Bonchev–Trinajstić information content (AvgIpc) is 2.15. The summed E-state index contributed by atoms with van der Waals surface area (Å²) in [7, 11) is 1.50. The summed E-state index contributed by atoms with van der Waals surface area (Å²) in [6.07, 6.45) is 1.54. The third-order valence-corrected chi connectivity index (χ3v) is 1.39. The Bertz CT molecular complexity index is 301. The van der Waals surface area contributed by atoms with Gasteiger partial charge in [0, 0.05) is 18.0 Å². The first-order valence-corrected chi connectivity index (χ1v) is 3.68. The van der Waals surface area contributed by atoms with Gasteiger partial charge in [0.1, 0.15) is 6.54 Å². The number of rotatable bonds is 4. The van der Waals surface area contributed by atoms with Crippen molar-refractivity contribution in [2.24, 2.45) is 0 Å². The number of anilines is 1. The molecule has 0 radical (unpaired) electrons. The van der Waals surface area contributed by atoms with Gasteiger partial charge >= 0.3 is 5.97 Å². The number of nitrogens with zero attached hydrogens (tertiary/aromatic N) is 1. The first-order valence-electron chi connectivity index (χ1n) is 3.68. The number of methoxy groups -OCH3 is 1. The fourth-order valence-electron chi connectivity index (χ4n) is 0.809. The predicted octanol–water partition coefficient (Wildman–Crippen LogP) is 0.587. The van der Waals surface area contributed by atoms with E-state index in [-0.39, 0.29) is 6.54 Å². The summed E-state index contributed by atoms with van der Waals surface area (Å²) in [6.45, 7) is -0.118. The number of hydrogen-bond donors (Lipinski definition) is 2. The second kappa shape index (κ2) is 4.30. The molecule has 0 aliphatic carbocycles. The Balaban J connectivity index is 2.61. The fourth-order valence-corrected chi connectivity index (χ4v) is 0.809.